The molecule has 0 aliphatic heterocycles. The van der Waals surface area contributed by atoms with Crippen LogP contribution in [0.1, 0.15) is 5.56 Å². The Morgan fingerprint density at radius 2 is 2.10 bits per heavy atom. The molecule has 0 radical (unpaired) electrons. The van der Waals surface area contributed by atoms with Crippen molar-refractivity contribution in [1.29, 1.82) is 0 Å². The van der Waals surface area contributed by atoms with E-state index < -0.39 is 4.92 Å². The summed E-state index contributed by atoms with van der Waals surface area (Å²) in [5, 5.41) is 14.2. The standard InChI is InChI=1S/C14H12BrClN2O3/c1-21-14-5-3-10(15)7-12(14)17-8-9-2-4-11(16)13(6-9)18(19)20/h2-7,17H,8H2,1H3. The van der Waals surface area contributed by atoms with Crippen molar-refractivity contribution in [3.63, 3.8) is 0 Å². The first-order chi connectivity index (χ1) is 10.0. The first-order valence-corrected chi connectivity index (χ1v) is 7.18. The monoisotopic (exact) mass is 370 g/mol. The summed E-state index contributed by atoms with van der Waals surface area (Å²) < 4.78 is 6.17. The van der Waals surface area contributed by atoms with E-state index in [9.17, 15) is 10.1 Å². The molecule has 0 saturated heterocycles. The van der Waals surface area contributed by atoms with E-state index in [1.165, 1.54) is 12.1 Å². The van der Waals surface area contributed by atoms with Crippen molar-refractivity contribution in [1.82, 2.24) is 0 Å². The molecule has 1 N–H and O–H groups in total. The van der Waals surface area contributed by atoms with Crippen LogP contribution in [0.3, 0.4) is 0 Å². The maximum Gasteiger partial charge on any atom is 0.288 e. The molecule has 0 heterocycles. The Kier molecular flexibility index (Phi) is 5.03. The lowest BCUT2D eigenvalue weighted by molar-refractivity contribution is -0.384. The Balaban J connectivity index is 2.19. The fourth-order valence-corrected chi connectivity index (χ4v) is 2.37. The number of hydrogen-bond donors (Lipinski definition) is 1. The number of halogens is 2. The number of benzene rings is 2. The van der Waals surface area contributed by atoms with Crippen molar-refractivity contribution < 1.29 is 9.66 Å². The van der Waals surface area contributed by atoms with Crippen LogP contribution in [-0.4, -0.2) is 12.0 Å². The molecule has 0 aromatic heterocycles. The van der Waals surface area contributed by atoms with E-state index in [0.29, 0.717) is 12.3 Å². The van der Waals surface area contributed by atoms with Gasteiger partial charge in [-0.25, -0.2) is 0 Å². The molecule has 0 aliphatic carbocycles. The molecule has 21 heavy (non-hydrogen) atoms. The average Bonchev–Trinajstić information content (AvgIpc) is 2.46. The van der Waals surface area contributed by atoms with Crippen LogP contribution >= 0.6 is 27.5 Å². The van der Waals surface area contributed by atoms with E-state index in [1.54, 1.807) is 13.2 Å². The third-order valence-electron chi connectivity index (χ3n) is 2.85. The number of nitro groups is 1. The molecule has 0 unspecified atom stereocenters. The molecule has 0 spiro atoms. The Bertz CT molecular complexity index is 679. The zero-order valence-electron chi connectivity index (χ0n) is 11.1. The van der Waals surface area contributed by atoms with Gasteiger partial charge in [0.05, 0.1) is 17.7 Å². The van der Waals surface area contributed by atoms with Crippen molar-refractivity contribution in [3.05, 3.63) is 61.6 Å². The van der Waals surface area contributed by atoms with Gasteiger partial charge in [-0.2, -0.15) is 0 Å². The summed E-state index contributed by atoms with van der Waals surface area (Å²) in [5.41, 5.74) is 1.45. The molecule has 0 aliphatic rings. The van der Waals surface area contributed by atoms with Crippen molar-refractivity contribution in [2.45, 2.75) is 6.54 Å². The zero-order chi connectivity index (χ0) is 15.4. The molecule has 7 heteroatoms. The number of anilines is 1. The van der Waals surface area contributed by atoms with E-state index >= 15 is 0 Å². The summed E-state index contributed by atoms with van der Waals surface area (Å²) in [6.45, 7) is 0.421. The van der Waals surface area contributed by atoms with Gasteiger partial charge < -0.3 is 10.1 Å². The van der Waals surface area contributed by atoms with Gasteiger partial charge in [0.25, 0.3) is 5.69 Å². The minimum Gasteiger partial charge on any atom is -0.495 e. The van der Waals surface area contributed by atoms with E-state index in [2.05, 4.69) is 21.2 Å². The third-order valence-corrected chi connectivity index (χ3v) is 3.66. The number of rotatable bonds is 5. The van der Waals surface area contributed by atoms with Gasteiger partial charge in [-0.3, -0.25) is 10.1 Å². The highest BCUT2D eigenvalue weighted by Gasteiger charge is 2.13. The van der Waals surface area contributed by atoms with Crippen LogP contribution in [0, 0.1) is 10.1 Å². The lowest BCUT2D eigenvalue weighted by Gasteiger charge is -2.11. The van der Waals surface area contributed by atoms with Crippen LogP contribution < -0.4 is 10.1 Å². The van der Waals surface area contributed by atoms with Gasteiger partial charge in [0, 0.05) is 17.1 Å². The second kappa shape index (κ2) is 6.78. The average molecular weight is 372 g/mol. The fraction of sp³-hybridized carbons (Fsp3) is 0.143. The van der Waals surface area contributed by atoms with Crippen molar-refractivity contribution in [2.24, 2.45) is 0 Å². The van der Waals surface area contributed by atoms with Crippen LogP contribution in [0.5, 0.6) is 5.75 Å². The predicted molar refractivity (Wildman–Crippen MR) is 86.1 cm³/mol. The zero-order valence-corrected chi connectivity index (χ0v) is 13.4. The minimum atomic E-state index is -0.495. The molecule has 2 aromatic rings. The third kappa shape index (κ3) is 3.86. The normalized spacial score (nSPS) is 10.2. The molecule has 2 aromatic carbocycles. The molecule has 0 fully saturated rings. The Morgan fingerprint density at radius 3 is 2.76 bits per heavy atom. The lowest BCUT2D eigenvalue weighted by Crippen LogP contribution is -2.02. The number of nitrogens with zero attached hydrogens (tertiary/aromatic N) is 1. The van der Waals surface area contributed by atoms with E-state index in [4.69, 9.17) is 16.3 Å². The van der Waals surface area contributed by atoms with Gasteiger partial charge in [-0.15, -0.1) is 0 Å². The predicted octanol–water partition coefficient (Wildman–Crippen LogP) is 4.63. The fourth-order valence-electron chi connectivity index (χ4n) is 1.82. The summed E-state index contributed by atoms with van der Waals surface area (Å²) in [7, 11) is 1.58. The SMILES string of the molecule is COc1ccc(Br)cc1NCc1ccc(Cl)c([N+](=O)[O-])c1. The summed E-state index contributed by atoms with van der Waals surface area (Å²) in [6, 6.07) is 10.3. The van der Waals surface area contributed by atoms with Crippen LogP contribution in [-0.2, 0) is 6.54 Å². The second-order valence-electron chi connectivity index (χ2n) is 4.24. The molecule has 2 rings (SSSR count). The highest BCUT2D eigenvalue weighted by molar-refractivity contribution is 9.10. The number of nitro benzene ring substituents is 1. The van der Waals surface area contributed by atoms with Crippen LogP contribution in [0.15, 0.2) is 40.9 Å². The van der Waals surface area contributed by atoms with Gasteiger partial charge in [0.1, 0.15) is 10.8 Å². The van der Waals surface area contributed by atoms with Gasteiger partial charge >= 0.3 is 0 Å². The Hall–Kier alpha value is -1.79. The molecule has 110 valence electrons. The maximum atomic E-state index is 10.9. The van der Waals surface area contributed by atoms with E-state index in [0.717, 1.165) is 15.7 Å². The topological polar surface area (TPSA) is 64.4 Å². The summed E-state index contributed by atoms with van der Waals surface area (Å²) in [4.78, 5) is 10.4. The first kappa shape index (κ1) is 15.6. The summed E-state index contributed by atoms with van der Waals surface area (Å²) in [5.74, 6) is 0.696. The quantitative estimate of drug-likeness (QED) is 0.614. The Morgan fingerprint density at radius 1 is 1.33 bits per heavy atom. The molecular formula is C14H12BrClN2O3. The summed E-state index contributed by atoms with van der Waals surface area (Å²) >= 11 is 9.18. The van der Waals surface area contributed by atoms with E-state index in [1.807, 2.05) is 18.2 Å². The number of nitrogens with one attached hydrogen (secondary N) is 1. The van der Waals surface area contributed by atoms with Crippen LogP contribution in [0.25, 0.3) is 0 Å². The smallest absolute Gasteiger partial charge is 0.288 e. The van der Waals surface area contributed by atoms with Gasteiger partial charge in [-0.05, 0) is 29.8 Å². The number of ether oxygens (including phenoxy) is 1. The second-order valence-corrected chi connectivity index (χ2v) is 5.56. The van der Waals surface area contributed by atoms with Gasteiger partial charge in [0.2, 0.25) is 0 Å². The van der Waals surface area contributed by atoms with Crippen LogP contribution in [0.2, 0.25) is 5.02 Å². The van der Waals surface area contributed by atoms with Crippen molar-refractivity contribution >= 4 is 38.9 Å². The first-order valence-electron chi connectivity index (χ1n) is 6.01. The molecule has 5 nitrogen and oxygen atoms in total. The van der Waals surface area contributed by atoms with E-state index in [-0.39, 0.29) is 10.7 Å². The Labute approximate surface area is 135 Å². The van der Waals surface area contributed by atoms with Gasteiger partial charge in [-0.1, -0.05) is 33.6 Å². The summed E-state index contributed by atoms with van der Waals surface area (Å²) in [6.07, 6.45) is 0. The van der Waals surface area contributed by atoms with Gasteiger partial charge in [0.15, 0.2) is 0 Å². The number of methoxy groups -OCH3 is 1. The molecule has 0 bridgehead atoms. The molecule has 0 saturated carbocycles. The molecular weight excluding hydrogens is 360 g/mol. The highest BCUT2D eigenvalue weighted by atomic mass is 79.9. The minimum absolute atomic E-state index is 0.0998. The maximum absolute atomic E-state index is 10.9. The number of hydrogen-bond acceptors (Lipinski definition) is 4. The van der Waals surface area contributed by atoms with Crippen LogP contribution in [0.4, 0.5) is 11.4 Å². The highest BCUT2D eigenvalue weighted by Crippen LogP contribution is 2.29. The lowest BCUT2D eigenvalue weighted by atomic mass is 10.2. The molecule has 0 amide bonds. The van der Waals surface area contributed by atoms with Crippen molar-refractivity contribution in [2.75, 3.05) is 12.4 Å². The van der Waals surface area contributed by atoms with Crippen molar-refractivity contribution in [3.8, 4) is 5.75 Å². The largest absolute Gasteiger partial charge is 0.495 e. The molecule has 0 atom stereocenters.